The summed E-state index contributed by atoms with van der Waals surface area (Å²) in [5, 5.41) is 12.3. The Bertz CT molecular complexity index is 641. The first-order valence-corrected chi connectivity index (χ1v) is 6.99. The van der Waals surface area contributed by atoms with Gasteiger partial charge in [-0.25, -0.2) is 0 Å². The summed E-state index contributed by atoms with van der Waals surface area (Å²) < 4.78 is 2.02. The van der Waals surface area contributed by atoms with Crippen molar-refractivity contribution in [3.63, 3.8) is 0 Å². The van der Waals surface area contributed by atoms with Crippen molar-refractivity contribution in [1.82, 2.24) is 4.57 Å². The summed E-state index contributed by atoms with van der Waals surface area (Å²) in [5.41, 5.74) is 2.43. The Labute approximate surface area is 118 Å². The SMILES string of the molecule is CCCC/C=C(\Cc1cn(C)c2ccccc12)[N+](=O)[O-]. The third kappa shape index (κ3) is 3.07. The predicted molar refractivity (Wildman–Crippen MR) is 81.2 cm³/mol. The Balaban J connectivity index is 2.29. The van der Waals surface area contributed by atoms with E-state index in [4.69, 9.17) is 0 Å². The molecule has 0 bridgehead atoms. The quantitative estimate of drug-likeness (QED) is 0.452. The van der Waals surface area contributed by atoms with Gasteiger partial charge in [-0.3, -0.25) is 10.1 Å². The summed E-state index contributed by atoms with van der Waals surface area (Å²) in [4.78, 5) is 10.9. The summed E-state index contributed by atoms with van der Waals surface area (Å²) in [5.74, 6) is 0. The van der Waals surface area contributed by atoms with E-state index in [0.717, 1.165) is 35.7 Å². The monoisotopic (exact) mass is 272 g/mol. The zero-order chi connectivity index (χ0) is 14.5. The highest BCUT2D eigenvalue weighted by atomic mass is 16.6. The van der Waals surface area contributed by atoms with Crippen LogP contribution in [0, 0.1) is 10.1 Å². The first kappa shape index (κ1) is 14.3. The van der Waals surface area contributed by atoms with Crippen molar-refractivity contribution in [2.75, 3.05) is 0 Å². The van der Waals surface area contributed by atoms with Gasteiger partial charge in [-0.15, -0.1) is 0 Å². The molecule has 2 aromatic rings. The molecule has 4 nitrogen and oxygen atoms in total. The second-order valence-corrected chi connectivity index (χ2v) is 5.05. The summed E-state index contributed by atoms with van der Waals surface area (Å²) in [6.07, 6.45) is 6.96. The maximum Gasteiger partial charge on any atom is 0.246 e. The van der Waals surface area contributed by atoms with Gasteiger partial charge in [0.1, 0.15) is 0 Å². The summed E-state index contributed by atoms with van der Waals surface area (Å²) >= 11 is 0. The lowest BCUT2D eigenvalue weighted by Gasteiger charge is -1.99. The van der Waals surface area contributed by atoms with Crippen molar-refractivity contribution >= 4 is 10.9 Å². The van der Waals surface area contributed by atoms with Gasteiger partial charge in [0, 0.05) is 24.1 Å². The molecule has 0 aliphatic carbocycles. The molecule has 1 aromatic carbocycles. The number of unbranched alkanes of at least 4 members (excludes halogenated alkanes) is 2. The molecule has 0 spiro atoms. The molecule has 0 fully saturated rings. The number of fused-ring (bicyclic) bond motifs is 1. The number of benzene rings is 1. The fourth-order valence-electron chi connectivity index (χ4n) is 2.45. The average molecular weight is 272 g/mol. The van der Waals surface area contributed by atoms with Crippen LogP contribution in [-0.4, -0.2) is 9.49 Å². The summed E-state index contributed by atoms with van der Waals surface area (Å²) in [6.45, 7) is 2.09. The molecule has 0 atom stereocenters. The molecule has 2 rings (SSSR count). The van der Waals surface area contributed by atoms with E-state index in [1.54, 1.807) is 6.08 Å². The first-order chi connectivity index (χ1) is 9.63. The molecule has 1 aromatic heterocycles. The van der Waals surface area contributed by atoms with E-state index >= 15 is 0 Å². The number of hydrogen-bond acceptors (Lipinski definition) is 2. The van der Waals surface area contributed by atoms with E-state index < -0.39 is 0 Å². The van der Waals surface area contributed by atoms with Crippen LogP contribution in [0.4, 0.5) is 0 Å². The second-order valence-electron chi connectivity index (χ2n) is 5.05. The van der Waals surface area contributed by atoms with Crippen LogP contribution in [0.2, 0.25) is 0 Å². The lowest BCUT2D eigenvalue weighted by Crippen LogP contribution is -2.02. The Morgan fingerprint density at radius 3 is 2.85 bits per heavy atom. The molecule has 0 saturated carbocycles. The van der Waals surface area contributed by atoms with Crippen LogP contribution in [0.3, 0.4) is 0 Å². The van der Waals surface area contributed by atoms with E-state index in [2.05, 4.69) is 6.92 Å². The number of rotatable bonds is 6. The molecule has 0 unspecified atom stereocenters. The van der Waals surface area contributed by atoms with Crippen molar-refractivity contribution in [3.8, 4) is 0 Å². The Morgan fingerprint density at radius 1 is 1.40 bits per heavy atom. The van der Waals surface area contributed by atoms with E-state index in [1.165, 1.54) is 0 Å². The lowest BCUT2D eigenvalue weighted by molar-refractivity contribution is -0.427. The number of nitro groups is 1. The number of para-hydroxylation sites is 1. The molecule has 0 radical (unpaired) electrons. The standard InChI is InChI=1S/C16H20N2O2/c1-3-4-5-8-14(18(19)20)11-13-12-17(2)16-10-7-6-9-15(13)16/h6-10,12H,3-5,11H2,1-2H3/b14-8+. The number of aryl methyl sites for hydroxylation is 1. The van der Waals surface area contributed by atoms with Gasteiger partial charge in [-0.2, -0.15) is 0 Å². The zero-order valence-corrected chi connectivity index (χ0v) is 12.0. The molecule has 106 valence electrons. The highest BCUT2D eigenvalue weighted by Gasteiger charge is 2.15. The summed E-state index contributed by atoms with van der Waals surface area (Å²) in [7, 11) is 1.97. The van der Waals surface area contributed by atoms with Gasteiger partial charge < -0.3 is 4.57 Å². The van der Waals surface area contributed by atoms with Crippen molar-refractivity contribution < 1.29 is 4.92 Å². The molecule has 0 saturated heterocycles. The molecule has 0 aliphatic heterocycles. The van der Waals surface area contributed by atoms with Gasteiger partial charge in [-0.05, 0) is 30.5 Å². The molecule has 4 heteroatoms. The third-order valence-electron chi connectivity index (χ3n) is 3.52. The molecule has 0 aliphatic rings. The van der Waals surface area contributed by atoms with Crippen LogP contribution >= 0.6 is 0 Å². The zero-order valence-electron chi connectivity index (χ0n) is 12.0. The largest absolute Gasteiger partial charge is 0.350 e. The van der Waals surface area contributed by atoms with Crippen molar-refractivity contribution in [2.24, 2.45) is 7.05 Å². The molecule has 20 heavy (non-hydrogen) atoms. The van der Waals surface area contributed by atoms with Crippen LogP contribution in [0.1, 0.15) is 31.7 Å². The van der Waals surface area contributed by atoms with Crippen LogP contribution in [0.5, 0.6) is 0 Å². The topological polar surface area (TPSA) is 48.1 Å². The van der Waals surface area contributed by atoms with Crippen LogP contribution in [0.15, 0.2) is 42.2 Å². The number of hydrogen-bond donors (Lipinski definition) is 0. The fraction of sp³-hybridized carbons (Fsp3) is 0.375. The van der Waals surface area contributed by atoms with Crippen LogP contribution in [-0.2, 0) is 13.5 Å². The minimum Gasteiger partial charge on any atom is -0.350 e. The molecular formula is C16H20N2O2. The predicted octanol–water partition coefficient (Wildman–Crippen LogP) is 4.07. The van der Waals surface area contributed by atoms with Gasteiger partial charge in [-0.1, -0.05) is 31.5 Å². The molecule has 1 heterocycles. The Kier molecular flexibility index (Phi) is 4.56. The minimum atomic E-state index is -0.253. The van der Waals surface area contributed by atoms with Gasteiger partial charge in [0.15, 0.2) is 0 Å². The smallest absolute Gasteiger partial charge is 0.246 e. The molecule has 0 N–H and O–H groups in total. The van der Waals surface area contributed by atoms with Crippen molar-refractivity contribution in [1.29, 1.82) is 0 Å². The highest BCUT2D eigenvalue weighted by molar-refractivity contribution is 5.84. The van der Waals surface area contributed by atoms with E-state index in [9.17, 15) is 10.1 Å². The first-order valence-electron chi connectivity index (χ1n) is 6.99. The highest BCUT2D eigenvalue weighted by Crippen LogP contribution is 2.23. The maximum absolute atomic E-state index is 11.2. The summed E-state index contributed by atoms with van der Waals surface area (Å²) in [6, 6.07) is 8.01. The normalized spacial score (nSPS) is 12.0. The number of allylic oxidation sites excluding steroid dienone is 2. The Hall–Kier alpha value is -2.10. The fourth-order valence-corrected chi connectivity index (χ4v) is 2.45. The van der Waals surface area contributed by atoms with E-state index in [1.807, 2.05) is 42.1 Å². The number of nitrogens with zero attached hydrogens (tertiary/aromatic N) is 2. The van der Waals surface area contributed by atoms with Gasteiger partial charge in [0.2, 0.25) is 5.70 Å². The van der Waals surface area contributed by atoms with Gasteiger partial charge >= 0.3 is 0 Å². The molecular weight excluding hydrogens is 252 g/mol. The van der Waals surface area contributed by atoms with E-state index in [-0.39, 0.29) is 4.92 Å². The van der Waals surface area contributed by atoms with Crippen molar-refractivity contribution in [3.05, 3.63) is 57.9 Å². The van der Waals surface area contributed by atoms with E-state index in [0.29, 0.717) is 12.1 Å². The third-order valence-corrected chi connectivity index (χ3v) is 3.52. The van der Waals surface area contributed by atoms with Crippen LogP contribution < -0.4 is 0 Å². The second kappa shape index (κ2) is 6.37. The lowest BCUT2D eigenvalue weighted by atomic mass is 10.1. The number of aromatic nitrogens is 1. The minimum absolute atomic E-state index is 0.253. The average Bonchev–Trinajstić information content (AvgIpc) is 2.75. The van der Waals surface area contributed by atoms with Crippen molar-refractivity contribution in [2.45, 2.75) is 32.6 Å². The molecule has 0 amide bonds. The Morgan fingerprint density at radius 2 is 2.15 bits per heavy atom. The van der Waals surface area contributed by atoms with Crippen LogP contribution in [0.25, 0.3) is 10.9 Å². The van der Waals surface area contributed by atoms with Gasteiger partial charge in [0.25, 0.3) is 0 Å². The maximum atomic E-state index is 11.2. The van der Waals surface area contributed by atoms with Gasteiger partial charge in [0.05, 0.1) is 11.3 Å².